The van der Waals surface area contributed by atoms with Crippen molar-refractivity contribution in [1.29, 1.82) is 0 Å². The van der Waals surface area contributed by atoms with Crippen molar-refractivity contribution in [3.63, 3.8) is 0 Å². The molecule has 2 heterocycles. The smallest absolute Gasteiger partial charge is 0.263 e. The number of nitrogens with zero attached hydrogens (tertiary/aromatic N) is 2. The number of benzene rings is 3. The van der Waals surface area contributed by atoms with Crippen molar-refractivity contribution in [2.24, 2.45) is 0 Å². The Balaban J connectivity index is 1.41. The van der Waals surface area contributed by atoms with Gasteiger partial charge >= 0.3 is 0 Å². The zero-order valence-electron chi connectivity index (χ0n) is 19.3. The van der Waals surface area contributed by atoms with E-state index in [2.05, 4.69) is 16.4 Å². The van der Waals surface area contributed by atoms with E-state index in [1.807, 2.05) is 86.0 Å². The molecule has 1 N–H and O–H groups in total. The first kappa shape index (κ1) is 23.1. The number of rotatable bonds is 6. The van der Waals surface area contributed by atoms with E-state index >= 15 is 0 Å². The van der Waals surface area contributed by atoms with E-state index in [4.69, 9.17) is 0 Å². The van der Waals surface area contributed by atoms with Crippen LogP contribution in [0.1, 0.15) is 11.1 Å². The highest BCUT2D eigenvalue weighted by Crippen LogP contribution is 2.34. The molecule has 0 bridgehead atoms. The van der Waals surface area contributed by atoms with Crippen LogP contribution in [-0.2, 0) is 11.3 Å². The average molecular weight is 498 g/mol. The Labute approximate surface area is 211 Å². The molecule has 0 aliphatic heterocycles. The molecule has 5 nitrogen and oxygen atoms in total. The molecule has 35 heavy (non-hydrogen) atoms. The fourth-order valence-electron chi connectivity index (χ4n) is 4.01. The third-order valence-electron chi connectivity index (χ3n) is 5.68. The molecule has 0 fully saturated rings. The molecule has 0 spiro atoms. The van der Waals surface area contributed by atoms with Crippen molar-refractivity contribution in [2.45, 2.75) is 30.2 Å². The van der Waals surface area contributed by atoms with Crippen LogP contribution in [0, 0.1) is 13.8 Å². The standard InChI is InChI=1S/C28H23N3O2S2/c1-18-12-13-21(19(2)14-18)22-16-34-27-26(22)28(33)31(17-29-27)15-25(32)30-23-10-6-7-11-24(23)35-20-8-4-3-5-9-20/h3-14,16-17H,15H2,1-2H3,(H,30,32). The largest absolute Gasteiger partial charge is 0.323 e. The lowest BCUT2D eigenvalue weighted by Gasteiger charge is -2.12. The SMILES string of the molecule is Cc1ccc(-c2csc3ncn(CC(=O)Nc4ccccc4Sc4ccccc4)c(=O)c23)c(C)c1. The van der Waals surface area contributed by atoms with Gasteiger partial charge in [0, 0.05) is 20.7 Å². The molecule has 174 valence electrons. The van der Waals surface area contributed by atoms with Crippen LogP contribution in [0.3, 0.4) is 0 Å². The van der Waals surface area contributed by atoms with Crippen LogP contribution in [-0.4, -0.2) is 15.5 Å². The van der Waals surface area contributed by atoms with E-state index in [-0.39, 0.29) is 18.0 Å². The average Bonchev–Trinajstić information content (AvgIpc) is 3.27. The Morgan fingerprint density at radius 1 is 1.00 bits per heavy atom. The van der Waals surface area contributed by atoms with E-state index in [9.17, 15) is 9.59 Å². The van der Waals surface area contributed by atoms with Crippen LogP contribution < -0.4 is 10.9 Å². The second-order valence-corrected chi connectivity index (χ2v) is 10.3. The minimum absolute atomic E-state index is 0.117. The second-order valence-electron chi connectivity index (χ2n) is 8.28. The van der Waals surface area contributed by atoms with Crippen molar-refractivity contribution < 1.29 is 4.79 Å². The summed E-state index contributed by atoms with van der Waals surface area (Å²) in [5.74, 6) is -0.280. The Hall–Kier alpha value is -3.68. The molecule has 0 atom stereocenters. The predicted octanol–water partition coefficient (Wildman–Crippen LogP) is 6.53. The van der Waals surface area contributed by atoms with Gasteiger partial charge in [0.05, 0.1) is 17.4 Å². The first-order valence-electron chi connectivity index (χ1n) is 11.2. The van der Waals surface area contributed by atoms with Crippen LogP contribution >= 0.6 is 23.1 Å². The number of amides is 1. The highest BCUT2D eigenvalue weighted by molar-refractivity contribution is 7.99. The van der Waals surface area contributed by atoms with Gasteiger partial charge in [-0.05, 0) is 49.2 Å². The lowest BCUT2D eigenvalue weighted by molar-refractivity contribution is -0.116. The van der Waals surface area contributed by atoms with Gasteiger partial charge < -0.3 is 5.32 Å². The summed E-state index contributed by atoms with van der Waals surface area (Å²) in [7, 11) is 0. The zero-order chi connectivity index (χ0) is 24.4. The van der Waals surface area contributed by atoms with Gasteiger partial charge in [-0.3, -0.25) is 14.2 Å². The first-order valence-corrected chi connectivity index (χ1v) is 12.9. The van der Waals surface area contributed by atoms with Gasteiger partial charge in [0.15, 0.2) is 0 Å². The minimum Gasteiger partial charge on any atom is -0.323 e. The van der Waals surface area contributed by atoms with Crippen molar-refractivity contribution in [1.82, 2.24) is 9.55 Å². The Kier molecular flexibility index (Phi) is 6.53. The Bertz CT molecular complexity index is 1590. The summed E-state index contributed by atoms with van der Waals surface area (Å²) in [6.45, 7) is 3.97. The predicted molar refractivity (Wildman–Crippen MR) is 144 cm³/mol. The van der Waals surface area contributed by atoms with Gasteiger partial charge in [-0.1, -0.05) is 65.9 Å². The van der Waals surface area contributed by atoms with Gasteiger partial charge in [0.25, 0.3) is 5.56 Å². The van der Waals surface area contributed by atoms with Gasteiger partial charge in [-0.2, -0.15) is 0 Å². The van der Waals surface area contributed by atoms with Crippen LogP contribution in [0.2, 0.25) is 0 Å². The van der Waals surface area contributed by atoms with Crippen molar-refractivity contribution in [3.05, 3.63) is 106 Å². The lowest BCUT2D eigenvalue weighted by Crippen LogP contribution is -2.28. The van der Waals surface area contributed by atoms with E-state index in [0.717, 1.165) is 26.5 Å². The number of hydrogen-bond acceptors (Lipinski definition) is 5. The normalized spacial score (nSPS) is 11.0. The maximum atomic E-state index is 13.4. The number of fused-ring (bicyclic) bond motifs is 1. The Morgan fingerprint density at radius 3 is 2.57 bits per heavy atom. The second kappa shape index (κ2) is 9.90. The summed E-state index contributed by atoms with van der Waals surface area (Å²) in [5.41, 5.74) is 4.64. The van der Waals surface area contributed by atoms with Crippen molar-refractivity contribution >= 4 is 44.9 Å². The van der Waals surface area contributed by atoms with Crippen LogP contribution in [0.25, 0.3) is 21.3 Å². The molecule has 1 amide bonds. The number of hydrogen-bond donors (Lipinski definition) is 1. The molecule has 5 rings (SSSR count). The molecular formula is C28H23N3O2S2. The highest BCUT2D eigenvalue weighted by atomic mass is 32.2. The summed E-state index contributed by atoms with van der Waals surface area (Å²) in [6, 6.07) is 23.8. The summed E-state index contributed by atoms with van der Waals surface area (Å²) < 4.78 is 1.38. The van der Waals surface area contributed by atoms with E-state index in [1.54, 1.807) is 11.8 Å². The third-order valence-corrected chi connectivity index (χ3v) is 7.65. The summed E-state index contributed by atoms with van der Waals surface area (Å²) in [5, 5.41) is 5.49. The molecule has 2 aromatic heterocycles. The summed E-state index contributed by atoms with van der Waals surface area (Å²) in [6.07, 6.45) is 1.46. The molecule has 0 aliphatic carbocycles. The fraction of sp³-hybridized carbons (Fsp3) is 0.107. The van der Waals surface area contributed by atoms with Crippen molar-refractivity contribution in [2.75, 3.05) is 5.32 Å². The van der Waals surface area contributed by atoms with Gasteiger partial charge in [0.1, 0.15) is 11.4 Å². The fourth-order valence-corrected chi connectivity index (χ4v) is 5.83. The van der Waals surface area contributed by atoms with E-state index in [0.29, 0.717) is 15.9 Å². The molecule has 3 aromatic carbocycles. The van der Waals surface area contributed by atoms with Crippen LogP contribution in [0.5, 0.6) is 0 Å². The summed E-state index contributed by atoms with van der Waals surface area (Å²) in [4.78, 5) is 33.5. The third kappa shape index (κ3) is 4.92. The monoisotopic (exact) mass is 497 g/mol. The number of nitrogens with one attached hydrogen (secondary N) is 1. The highest BCUT2D eigenvalue weighted by Gasteiger charge is 2.16. The molecule has 0 saturated heterocycles. The molecule has 0 unspecified atom stereocenters. The molecule has 0 aliphatic rings. The summed E-state index contributed by atoms with van der Waals surface area (Å²) >= 11 is 3.02. The number of thiophene rings is 1. The first-order chi connectivity index (χ1) is 17.0. The topological polar surface area (TPSA) is 64.0 Å². The molecule has 0 saturated carbocycles. The van der Waals surface area contributed by atoms with E-state index in [1.165, 1.54) is 27.8 Å². The molecule has 7 heteroatoms. The number of para-hydroxylation sites is 1. The molecule has 5 aromatic rings. The number of aryl methyl sites for hydroxylation is 2. The maximum Gasteiger partial charge on any atom is 0.263 e. The van der Waals surface area contributed by atoms with Gasteiger partial charge in [0.2, 0.25) is 5.91 Å². The lowest BCUT2D eigenvalue weighted by atomic mass is 9.99. The quantitative estimate of drug-likeness (QED) is 0.290. The zero-order valence-corrected chi connectivity index (χ0v) is 21.0. The molecule has 0 radical (unpaired) electrons. The molecular weight excluding hydrogens is 474 g/mol. The number of carbonyl (C=O) groups is 1. The van der Waals surface area contributed by atoms with Crippen LogP contribution in [0.4, 0.5) is 5.69 Å². The number of carbonyl (C=O) groups excluding carboxylic acids is 1. The number of anilines is 1. The minimum atomic E-state index is -0.280. The van der Waals surface area contributed by atoms with Crippen LogP contribution in [0.15, 0.2) is 99.1 Å². The number of aromatic nitrogens is 2. The van der Waals surface area contributed by atoms with Gasteiger partial charge in [-0.15, -0.1) is 11.3 Å². The van der Waals surface area contributed by atoms with Crippen molar-refractivity contribution in [3.8, 4) is 11.1 Å². The van der Waals surface area contributed by atoms with E-state index < -0.39 is 0 Å². The Morgan fingerprint density at radius 2 is 1.77 bits per heavy atom. The van der Waals surface area contributed by atoms with Gasteiger partial charge in [-0.25, -0.2) is 4.98 Å². The maximum absolute atomic E-state index is 13.4.